The number of carbonyl (C=O) groups is 1. The first-order chi connectivity index (χ1) is 15.7. The van der Waals surface area contributed by atoms with Crippen molar-refractivity contribution in [3.8, 4) is 11.4 Å². The van der Waals surface area contributed by atoms with Gasteiger partial charge in [0.05, 0.1) is 23.4 Å². The van der Waals surface area contributed by atoms with Gasteiger partial charge in [-0.2, -0.15) is 10.1 Å². The maximum absolute atomic E-state index is 12.3. The van der Waals surface area contributed by atoms with Crippen LogP contribution in [0.15, 0.2) is 28.9 Å². The van der Waals surface area contributed by atoms with E-state index in [2.05, 4.69) is 21.3 Å². The molecule has 1 aliphatic heterocycles. The van der Waals surface area contributed by atoms with Gasteiger partial charge in [-0.3, -0.25) is 4.68 Å². The van der Waals surface area contributed by atoms with E-state index in [1.807, 2.05) is 43.8 Å². The van der Waals surface area contributed by atoms with Gasteiger partial charge in [-0.25, -0.2) is 4.79 Å². The molecule has 1 amide bonds. The minimum atomic E-state index is -0.496. The van der Waals surface area contributed by atoms with Crippen LogP contribution in [0.4, 0.5) is 4.79 Å². The highest BCUT2D eigenvalue weighted by Gasteiger charge is 2.67. The Hall–Kier alpha value is -2.94. The quantitative estimate of drug-likeness (QED) is 0.644. The van der Waals surface area contributed by atoms with E-state index in [0.29, 0.717) is 30.7 Å². The molecular formula is C24H29N5O4. The average molecular weight is 452 g/mol. The molecule has 0 bridgehead atoms. The molecule has 1 unspecified atom stereocenters. The van der Waals surface area contributed by atoms with Crippen molar-refractivity contribution in [1.29, 1.82) is 0 Å². The molecule has 6 rings (SSSR count). The number of ether oxygens (including phenoxy) is 1. The second-order valence-corrected chi connectivity index (χ2v) is 10.7. The van der Waals surface area contributed by atoms with E-state index in [0.717, 1.165) is 42.1 Å². The van der Waals surface area contributed by atoms with Gasteiger partial charge < -0.3 is 19.3 Å². The minimum absolute atomic E-state index is 0.127. The van der Waals surface area contributed by atoms with Gasteiger partial charge in [0, 0.05) is 35.9 Å². The monoisotopic (exact) mass is 451 g/mol. The van der Waals surface area contributed by atoms with E-state index < -0.39 is 11.2 Å². The molecule has 0 radical (unpaired) electrons. The lowest BCUT2D eigenvalue weighted by Gasteiger charge is -2.32. The number of aromatic nitrogens is 4. The Morgan fingerprint density at radius 1 is 1.24 bits per heavy atom. The predicted molar refractivity (Wildman–Crippen MR) is 120 cm³/mol. The van der Waals surface area contributed by atoms with Crippen LogP contribution in [0, 0.1) is 5.92 Å². The largest absolute Gasteiger partial charge is 0.444 e. The first kappa shape index (κ1) is 20.7. The zero-order valence-corrected chi connectivity index (χ0v) is 19.2. The molecule has 1 aromatic carbocycles. The number of benzene rings is 1. The molecule has 174 valence electrons. The Balaban J connectivity index is 1.16. The van der Waals surface area contributed by atoms with Crippen LogP contribution in [-0.4, -0.2) is 60.3 Å². The number of aliphatic hydroxyl groups is 1. The van der Waals surface area contributed by atoms with Gasteiger partial charge in [-0.1, -0.05) is 17.3 Å². The van der Waals surface area contributed by atoms with Crippen LogP contribution in [0.1, 0.15) is 64.3 Å². The Morgan fingerprint density at radius 3 is 2.70 bits per heavy atom. The number of hydrogen-bond donors (Lipinski definition) is 1. The van der Waals surface area contributed by atoms with E-state index in [9.17, 15) is 9.90 Å². The normalized spacial score (nSPS) is 27.3. The van der Waals surface area contributed by atoms with E-state index in [-0.39, 0.29) is 18.1 Å². The van der Waals surface area contributed by atoms with Crippen molar-refractivity contribution in [3.05, 3.63) is 30.3 Å². The van der Waals surface area contributed by atoms with Crippen molar-refractivity contribution in [1.82, 2.24) is 24.8 Å². The maximum Gasteiger partial charge on any atom is 0.410 e. The summed E-state index contributed by atoms with van der Waals surface area (Å²) < 4.78 is 13.1. The number of rotatable bonds is 3. The summed E-state index contributed by atoms with van der Waals surface area (Å²) in [6.07, 6.45) is 4.77. The molecule has 0 spiro atoms. The summed E-state index contributed by atoms with van der Waals surface area (Å²) in [7, 11) is 0. The van der Waals surface area contributed by atoms with Gasteiger partial charge in [-0.15, -0.1) is 0 Å². The first-order valence-electron chi connectivity index (χ1n) is 11.7. The zero-order valence-electron chi connectivity index (χ0n) is 19.2. The summed E-state index contributed by atoms with van der Waals surface area (Å²) in [6, 6.07) is 6.34. The van der Waals surface area contributed by atoms with Gasteiger partial charge in [0.1, 0.15) is 5.60 Å². The summed E-state index contributed by atoms with van der Waals surface area (Å²) in [5.74, 6) is 1.63. The molecular weight excluding hydrogens is 422 g/mol. The molecule has 3 fully saturated rings. The van der Waals surface area contributed by atoms with Crippen LogP contribution < -0.4 is 0 Å². The highest BCUT2D eigenvalue weighted by molar-refractivity contribution is 5.83. The lowest BCUT2D eigenvalue weighted by atomic mass is 9.89. The van der Waals surface area contributed by atoms with Crippen LogP contribution in [0.25, 0.3) is 22.3 Å². The highest BCUT2D eigenvalue weighted by atomic mass is 16.6. The lowest BCUT2D eigenvalue weighted by Crippen LogP contribution is -2.41. The zero-order chi connectivity index (χ0) is 23.0. The van der Waals surface area contributed by atoms with E-state index in [4.69, 9.17) is 9.26 Å². The lowest BCUT2D eigenvalue weighted by molar-refractivity contribution is 0.0197. The number of fused-ring (bicyclic) bond motifs is 2. The number of hydrogen-bond acceptors (Lipinski definition) is 7. The smallest absolute Gasteiger partial charge is 0.410 e. The number of nitrogens with zero attached hydrogens (tertiary/aromatic N) is 5. The molecule has 3 aliphatic rings. The summed E-state index contributed by atoms with van der Waals surface area (Å²) in [5.41, 5.74) is 0.978. The molecule has 2 aliphatic carbocycles. The molecule has 3 heterocycles. The minimum Gasteiger partial charge on any atom is -0.444 e. The van der Waals surface area contributed by atoms with Gasteiger partial charge in [0.2, 0.25) is 11.7 Å². The van der Waals surface area contributed by atoms with Crippen LogP contribution in [0.5, 0.6) is 0 Å². The third kappa shape index (κ3) is 3.58. The Labute approximate surface area is 191 Å². The summed E-state index contributed by atoms with van der Waals surface area (Å²) in [4.78, 5) is 18.7. The first-order valence-corrected chi connectivity index (χ1v) is 11.7. The van der Waals surface area contributed by atoms with Crippen LogP contribution >= 0.6 is 0 Å². The number of amides is 1. The number of likely N-dealkylation sites (tertiary alicyclic amines) is 1. The maximum atomic E-state index is 12.3. The van der Waals surface area contributed by atoms with Crippen LogP contribution in [0.2, 0.25) is 0 Å². The summed E-state index contributed by atoms with van der Waals surface area (Å²) in [5, 5.41) is 20.1. The molecule has 9 nitrogen and oxygen atoms in total. The van der Waals surface area contributed by atoms with Crippen molar-refractivity contribution in [3.63, 3.8) is 0 Å². The third-order valence-corrected chi connectivity index (χ3v) is 7.24. The fourth-order valence-corrected chi connectivity index (χ4v) is 5.25. The summed E-state index contributed by atoms with van der Waals surface area (Å²) >= 11 is 0. The van der Waals surface area contributed by atoms with Crippen molar-refractivity contribution < 1.29 is 19.2 Å². The highest BCUT2D eigenvalue weighted by Crippen LogP contribution is 2.65. The fourth-order valence-electron chi connectivity index (χ4n) is 5.25. The molecule has 1 saturated heterocycles. The van der Waals surface area contributed by atoms with E-state index in [1.165, 1.54) is 0 Å². The third-order valence-electron chi connectivity index (χ3n) is 7.24. The van der Waals surface area contributed by atoms with Gasteiger partial charge in [-0.05, 0) is 52.5 Å². The van der Waals surface area contributed by atoms with Gasteiger partial charge in [0.25, 0.3) is 0 Å². The van der Waals surface area contributed by atoms with E-state index in [1.54, 1.807) is 4.90 Å². The number of piperidine rings is 1. The Morgan fingerprint density at radius 2 is 2.03 bits per heavy atom. The van der Waals surface area contributed by atoms with Gasteiger partial charge in [0.15, 0.2) is 0 Å². The molecule has 9 heteroatoms. The Kier molecular flexibility index (Phi) is 4.40. The fraction of sp³-hybridized carbons (Fsp3) is 0.583. The second kappa shape index (κ2) is 7.03. The van der Waals surface area contributed by atoms with Crippen molar-refractivity contribution in [2.45, 2.75) is 69.6 Å². The molecule has 33 heavy (non-hydrogen) atoms. The number of carbonyl (C=O) groups excluding carboxylic acids is 1. The molecule has 3 atom stereocenters. The summed E-state index contributed by atoms with van der Waals surface area (Å²) in [6.45, 7) is 6.84. The second-order valence-electron chi connectivity index (χ2n) is 10.7. The van der Waals surface area contributed by atoms with Crippen molar-refractivity contribution in [2.75, 3.05) is 13.1 Å². The van der Waals surface area contributed by atoms with Crippen molar-refractivity contribution >= 4 is 17.0 Å². The van der Waals surface area contributed by atoms with Gasteiger partial charge >= 0.3 is 6.09 Å². The molecule has 2 aromatic heterocycles. The average Bonchev–Trinajstić information content (AvgIpc) is 3.18. The standard InChI is InChI=1S/C24H29N5O4/c1-23(2,3)32-22(30)28-8-6-14(7-9-28)21-26-20(27-33-21)15-4-5-16-13-25-29(18(16)10-15)19-12-24(31)11-17(19)24/h4-5,10,13-14,17,19,31H,6-9,11-12H2,1-3H3/t17?,19-,24-/m1/s1. The van der Waals surface area contributed by atoms with Crippen LogP contribution in [-0.2, 0) is 4.74 Å². The SMILES string of the molecule is CC(C)(C)OC(=O)N1CCC(c2nc(-c3ccc4cnn([C@@H]5C[C@]6(O)CC56)c4c3)no2)CC1. The van der Waals surface area contributed by atoms with E-state index >= 15 is 0 Å². The molecule has 2 saturated carbocycles. The van der Waals surface area contributed by atoms with Crippen molar-refractivity contribution in [2.24, 2.45) is 5.92 Å². The van der Waals surface area contributed by atoms with Crippen LogP contribution in [0.3, 0.4) is 0 Å². The Bertz CT molecular complexity index is 1220. The molecule has 1 N–H and O–H groups in total. The predicted octanol–water partition coefficient (Wildman–Crippen LogP) is 3.90. The topological polar surface area (TPSA) is 107 Å². The molecule has 3 aromatic rings.